The Labute approximate surface area is 140 Å². The van der Waals surface area contributed by atoms with Crippen LogP contribution < -0.4 is 4.74 Å². The molecule has 0 radical (unpaired) electrons. The molecule has 1 aliphatic rings. The number of aromatic amines is 1. The lowest BCUT2D eigenvalue weighted by Crippen LogP contribution is -2.40. The summed E-state index contributed by atoms with van der Waals surface area (Å²) in [6.45, 7) is 4.51. The lowest BCUT2D eigenvalue weighted by molar-refractivity contribution is -0.150. The van der Waals surface area contributed by atoms with Crippen molar-refractivity contribution in [2.45, 2.75) is 20.3 Å². The first-order valence-electron chi connectivity index (χ1n) is 8.07. The fraction of sp³-hybridized carbons (Fsp3) is 0.444. The molecule has 0 spiro atoms. The van der Waals surface area contributed by atoms with E-state index in [1.54, 1.807) is 18.1 Å². The van der Waals surface area contributed by atoms with Gasteiger partial charge in [-0.15, -0.1) is 0 Å². The lowest BCUT2D eigenvalue weighted by atomic mass is 9.76. The van der Waals surface area contributed by atoms with Crippen LogP contribution in [0.3, 0.4) is 0 Å². The molecule has 2 aromatic rings. The number of aromatic nitrogens is 1. The van der Waals surface area contributed by atoms with Crippen molar-refractivity contribution in [2.24, 2.45) is 11.3 Å². The van der Waals surface area contributed by atoms with Crippen molar-refractivity contribution in [3.05, 3.63) is 30.0 Å². The fourth-order valence-corrected chi connectivity index (χ4v) is 3.42. The molecule has 128 valence electrons. The molecule has 0 bridgehead atoms. The second-order valence-electron chi connectivity index (χ2n) is 6.73. The molecule has 1 aliphatic heterocycles. The Kier molecular flexibility index (Phi) is 3.99. The lowest BCUT2D eigenvalue weighted by Gasteiger charge is -2.28. The number of hydrogen-bond acceptors (Lipinski definition) is 3. The fourth-order valence-electron chi connectivity index (χ4n) is 3.42. The van der Waals surface area contributed by atoms with Gasteiger partial charge in [0, 0.05) is 24.0 Å². The molecule has 1 atom stereocenters. The van der Waals surface area contributed by atoms with Crippen molar-refractivity contribution in [1.82, 2.24) is 9.88 Å². The molecule has 1 fully saturated rings. The molecule has 1 saturated heterocycles. The number of carbonyl (C=O) groups is 2. The number of carbonyl (C=O) groups excluding carboxylic acids is 1. The van der Waals surface area contributed by atoms with Crippen molar-refractivity contribution in [2.75, 3.05) is 20.2 Å². The number of methoxy groups -OCH3 is 1. The summed E-state index contributed by atoms with van der Waals surface area (Å²) in [5.41, 5.74) is 0.472. The maximum Gasteiger partial charge on any atom is 0.311 e. The molecule has 6 heteroatoms. The summed E-state index contributed by atoms with van der Waals surface area (Å²) in [5, 5.41) is 10.5. The molecule has 24 heavy (non-hydrogen) atoms. The van der Waals surface area contributed by atoms with Crippen LogP contribution in [0, 0.1) is 11.3 Å². The van der Waals surface area contributed by atoms with Crippen LogP contribution in [0.4, 0.5) is 0 Å². The van der Waals surface area contributed by atoms with Crippen LogP contribution in [-0.2, 0) is 4.79 Å². The van der Waals surface area contributed by atoms with Gasteiger partial charge >= 0.3 is 5.97 Å². The van der Waals surface area contributed by atoms with Crippen molar-refractivity contribution < 1.29 is 19.4 Å². The number of fused-ring (bicyclic) bond motifs is 1. The minimum atomic E-state index is -0.856. The Balaban J connectivity index is 1.86. The van der Waals surface area contributed by atoms with Gasteiger partial charge in [0.25, 0.3) is 5.91 Å². The van der Waals surface area contributed by atoms with Gasteiger partial charge in [-0.25, -0.2) is 0 Å². The number of ether oxygens (including phenoxy) is 1. The number of carboxylic acid groups (broad SMARTS) is 1. The molecule has 1 unspecified atom stereocenters. The summed E-state index contributed by atoms with van der Waals surface area (Å²) in [7, 11) is 1.60. The van der Waals surface area contributed by atoms with E-state index in [-0.39, 0.29) is 18.4 Å². The number of nitrogens with zero attached hydrogens (tertiary/aromatic N) is 1. The van der Waals surface area contributed by atoms with Crippen LogP contribution in [0.2, 0.25) is 0 Å². The number of likely N-dealkylation sites (tertiary alicyclic amines) is 1. The quantitative estimate of drug-likeness (QED) is 0.903. The van der Waals surface area contributed by atoms with Gasteiger partial charge in [-0.05, 0) is 36.6 Å². The molecule has 1 amide bonds. The van der Waals surface area contributed by atoms with Gasteiger partial charge in [-0.3, -0.25) is 9.59 Å². The van der Waals surface area contributed by atoms with Gasteiger partial charge in [-0.1, -0.05) is 13.8 Å². The highest BCUT2D eigenvalue weighted by Gasteiger charge is 2.48. The number of rotatable bonds is 4. The smallest absolute Gasteiger partial charge is 0.311 e. The maximum atomic E-state index is 12.8. The van der Waals surface area contributed by atoms with Gasteiger partial charge in [-0.2, -0.15) is 0 Å². The van der Waals surface area contributed by atoms with Crippen LogP contribution in [0.25, 0.3) is 10.9 Å². The van der Waals surface area contributed by atoms with Crippen LogP contribution >= 0.6 is 0 Å². The van der Waals surface area contributed by atoms with Crippen molar-refractivity contribution in [1.29, 1.82) is 0 Å². The zero-order valence-electron chi connectivity index (χ0n) is 14.1. The number of amides is 1. The van der Waals surface area contributed by atoms with E-state index in [4.69, 9.17) is 4.74 Å². The number of carboxylic acids is 1. The molecule has 1 aromatic heterocycles. The van der Waals surface area contributed by atoms with Crippen molar-refractivity contribution >= 4 is 22.8 Å². The van der Waals surface area contributed by atoms with E-state index in [9.17, 15) is 14.7 Å². The highest BCUT2D eigenvalue weighted by atomic mass is 16.5. The Morgan fingerprint density at radius 3 is 2.67 bits per heavy atom. The first kappa shape index (κ1) is 16.4. The summed E-state index contributed by atoms with van der Waals surface area (Å²) in [6, 6.07) is 7.35. The van der Waals surface area contributed by atoms with Crippen molar-refractivity contribution in [3.63, 3.8) is 0 Å². The molecule has 2 heterocycles. The van der Waals surface area contributed by atoms with Gasteiger partial charge in [0.15, 0.2) is 0 Å². The van der Waals surface area contributed by atoms with E-state index in [0.717, 1.165) is 16.7 Å². The molecule has 1 aromatic carbocycles. The third-order valence-corrected chi connectivity index (χ3v) is 5.18. The summed E-state index contributed by atoms with van der Waals surface area (Å²) >= 11 is 0. The average Bonchev–Trinajstić information content (AvgIpc) is 3.18. The summed E-state index contributed by atoms with van der Waals surface area (Å²) in [6.07, 6.45) is 0.486. The predicted molar refractivity (Wildman–Crippen MR) is 90.3 cm³/mol. The minimum absolute atomic E-state index is 0.0280. The van der Waals surface area contributed by atoms with Gasteiger partial charge < -0.3 is 19.7 Å². The van der Waals surface area contributed by atoms with E-state index in [0.29, 0.717) is 18.7 Å². The average molecular weight is 330 g/mol. The molecule has 0 aliphatic carbocycles. The molecular weight excluding hydrogens is 308 g/mol. The Hall–Kier alpha value is -2.50. The highest BCUT2D eigenvalue weighted by molar-refractivity contribution is 5.98. The topological polar surface area (TPSA) is 82.6 Å². The number of hydrogen-bond donors (Lipinski definition) is 2. The Bertz CT molecular complexity index is 795. The van der Waals surface area contributed by atoms with Gasteiger partial charge in [0.05, 0.1) is 12.5 Å². The third kappa shape index (κ3) is 2.52. The normalized spacial score (nSPS) is 20.8. The van der Waals surface area contributed by atoms with E-state index in [1.807, 2.05) is 32.0 Å². The summed E-state index contributed by atoms with van der Waals surface area (Å²) in [4.78, 5) is 29.2. The third-order valence-electron chi connectivity index (χ3n) is 5.18. The zero-order valence-corrected chi connectivity index (χ0v) is 14.1. The second kappa shape index (κ2) is 5.85. The highest BCUT2D eigenvalue weighted by Crippen LogP contribution is 2.38. The van der Waals surface area contributed by atoms with E-state index in [2.05, 4.69) is 4.98 Å². The largest absolute Gasteiger partial charge is 0.497 e. The molecule has 2 N–H and O–H groups in total. The van der Waals surface area contributed by atoms with E-state index in [1.165, 1.54) is 0 Å². The zero-order chi connectivity index (χ0) is 17.5. The second-order valence-corrected chi connectivity index (χ2v) is 6.73. The number of benzene rings is 1. The first-order chi connectivity index (χ1) is 11.4. The van der Waals surface area contributed by atoms with Crippen LogP contribution in [0.1, 0.15) is 30.8 Å². The number of nitrogens with one attached hydrogen (secondary N) is 1. The molecular formula is C18H22N2O4. The number of aliphatic carboxylic acids is 1. The van der Waals surface area contributed by atoms with E-state index < -0.39 is 11.4 Å². The van der Waals surface area contributed by atoms with Gasteiger partial charge in [0.2, 0.25) is 0 Å². The van der Waals surface area contributed by atoms with Crippen LogP contribution in [-0.4, -0.2) is 47.1 Å². The molecule has 6 nitrogen and oxygen atoms in total. The van der Waals surface area contributed by atoms with Crippen molar-refractivity contribution in [3.8, 4) is 5.75 Å². The maximum absolute atomic E-state index is 12.8. The Morgan fingerprint density at radius 2 is 2.08 bits per heavy atom. The monoisotopic (exact) mass is 330 g/mol. The van der Waals surface area contributed by atoms with E-state index >= 15 is 0 Å². The first-order valence-corrected chi connectivity index (χ1v) is 8.07. The predicted octanol–water partition coefficient (Wildman–Crippen LogP) is 2.75. The minimum Gasteiger partial charge on any atom is -0.497 e. The molecule has 3 rings (SSSR count). The SMILES string of the molecule is COc1ccc2[nH]c(C(=O)N3CCC(C(=O)O)(C(C)C)C3)cc2c1. The summed E-state index contributed by atoms with van der Waals surface area (Å²) in [5.74, 6) is -0.283. The molecule has 0 saturated carbocycles. The Morgan fingerprint density at radius 1 is 1.33 bits per heavy atom. The summed E-state index contributed by atoms with van der Waals surface area (Å²) < 4.78 is 5.20. The van der Waals surface area contributed by atoms with Gasteiger partial charge in [0.1, 0.15) is 11.4 Å². The standard InChI is InChI=1S/C18H22N2O4/c1-11(2)18(17(22)23)6-7-20(10-18)16(21)15-9-12-8-13(24-3)4-5-14(12)19-15/h4-5,8-9,11,19H,6-7,10H2,1-3H3,(H,22,23). The van der Waals surface area contributed by atoms with Crippen LogP contribution in [0.15, 0.2) is 24.3 Å². The number of H-pyrrole nitrogens is 1. The van der Waals surface area contributed by atoms with Crippen LogP contribution in [0.5, 0.6) is 5.75 Å².